The minimum absolute atomic E-state index is 0.465. The molecule has 0 saturated heterocycles. The van der Waals surface area contributed by atoms with Crippen LogP contribution >= 0.6 is 0 Å². The summed E-state index contributed by atoms with van der Waals surface area (Å²) in [4.78, 5) is 11.3. The quantitative estimate of drug-likeness (QED) is 0.607. The molecule has 1 aliphatic carbocycles. The molecule has 0 spiro atoms. The normalized spacial score (nSPS) is 24.9. The number of hydrogen-bond donors (Lipinski definition) is 0. The van der Waals surface area contributed by atoms with Gasteiger partial charge in [-0.25, -0.2) is 0 Å². The molecule has 0 aromatic heterocycles. The summed E-state index contributed by atoms with van der Waals surface area (Å²) in [7, 11) is 0. The van der Waals surface area contributed by atoms with Crippen LogP contribution in [0.5, 0.6) is 0 Å². The lowest BCUT2D eigenvalue weighted by atomic mass is 9.82. The molecule has 0 N–H and O–H groups in total. The largest absolute Gasteiger partial charge is 0.300 e. The van der Waals surface area contributed by atoms with Crippen molar-refractivity contribution in [1.29, 1.82) is 0 Å². The molecular formula is C12H20O. The molecule has 74 valence electrons. The Morgan fingerprint density at radius 1 is 1.54 bits per heavy atom. The maximum atomic E-state index is 11.3. The Bertz CT molecular complexity index is 203. The predicted octanol–water partition coefficient (Wildman–Crippen LogP) is 3.49. The van der Waals surface area contributed by atoms with Gasteiger partial charge in [-0.1, -0.05) is 25.5 Å². The fourth-order valence-electron chi connectivity index (χ4n) is 2.20. The van der Waals surface area contributed by atoms with Crippen molar-refractivity contribution in [2.45, 2.75) is 52.4 Å². The van der Waals surface area contributed by atoms with Gasteiger partial charge in [0.1, 0.15) is 5.78 Å². The minimum atomic E-state index is 0.465. The van der Waals surface area contributed by atoms with Gasteiger partial charge in [0.25, 0.3) is 0 Å². The average molecular weight is 180 g/mol. The van der Waals surface area contributed by atoms with Gasteiger partial charge in [-0.2, -0.15) is 0 Å². The average Bonchev–Trinajstić information content (AvgIpc) is 2.14. The van der Waals surface area contributed by atoms with Crippen molar-refractivity contribution in [2.24, 2.45) is 5.92 Å². The van der Waals surface area contributed by atoms with Gasteiger partial charge >= 0.3 is 0 Å². The number of ketones is 1. The molecule has 1 unspecified atom stereocenters. The third kappa shape index (κ3) is 2.98. The molecule has 1 heteroatoms. The van der Waals surface area contributed by atoms with Gasteiger partial charge in [-0.05, 0) is 31.6 Å². The van der Waals surface area contributed by atoms with Crippen LogP contribution in [0, 0.1) is 5.92 Å². The van der Waals surface area contributed by atoms with E-state index in [1.165, 1.54) is 12.0 Å². The van der Waals surface area contributed by atoms with E-state index in [2.05, 4.69) is 19.9 Å². The van der Waals surface area contributed by atoms with Gasteiger partial charge in [0.05, 0.1) is 0 Å². The van der Waals surface area contributed by atoms with Gasteiger partial charge in [0, 0.05) is 12.8 Å². The zero-order valence-corrected chi connectivity index (χ0v) is 8.81. The summed E-state index contributed by atoms with van der Waals surface area (Å²) >= 11 is 0. The standard InChI is InChI=1S/C12H20O/c1-3-6-10(4-2)11-7-5-8-12(13)9-11/h6,11H,3-5,7-9H2,1-2H3/b10-6+. The van der Waals surface area contributed by atoms with Crippen molar-refractivity contribution in [1.82, 2.24) is 0 Å². The third-order valence-electron chi connectivity index (χ3n) is 2.88. The minimum Gasteiger partial charge on any atom is -0.300 e. The monoisotopic (exact) mass is 180 g/mol. The molecule has 0 aliphatic heterocycles. The zero-order chi connectivity index (χ0) is 9.68. The SMILES string of the molecule is CC/C=C(\CC)C1CCCC(=O)C1. The lowest BCUT2D eigenvalue weighted by Gasteiger charge is -2.23. The van der Waals surface area contributed by atoms with Crippen LogP contribution in [0.4, 0.5) is 0 Å². The lowest BCUT2D eigenvalue weighted by Crippen LogP contribution is -2.16. The van der Waals surface area contributed by atoms with E-state index in [1.807, 2.05) is 0 Å². The van der Waals surface area contributed by atoms with Gasteiger partial charge < -0.3 is 0 Å². The van der Waals surface area contributed by atoms with Gasteiger partial charge in [0.2, 0.25) is 0 Å². The number of Topliss-reactive ketones (excluding diaryl/α,β-unsaturated/α-hetero) is 1. The fraction of sp³-hybridized carbons (Fsp3) is 0.750. The second kappa shape index (κ2) is 5.21. The van der Waals surface area contributed by atoms with Crippen LogP contribution in [0.3, 0.4) is 0 Å². The number of rotatable bonds is 3. The van der Waals surface area contributed by atoms with Crippen LogP contribution < -0.4 is 0 Å². The summed E-state index contributed by atoms with van der Waals surface area (Å²) < 4.78 is 0. The number of carbonyl (C=O) groups excluding carboxylic acids is 1. The van der Waals surface area contributed by atoms with Gasteiger partial charge in [-0.3, -0.25) is 4.79 Å². The van der Waals surface area contributed by atoms with E-state index in [0.29, 0.717) is 11.7 Å². The Morgan fingerprint density at radius 2 is 2.31 bits per heavy atom. The highest BCUT2D eigenvalue weighted by atomic mass is 16.1. The van der Waals surface area contributed by atoms with E-state index < -0.39 is 0 Å². The van der Waals surface area contributed by atoms with Crippen molar-refractivity contribution in [3.05, 3.63) is 11.6 Å². The first kappa shape index (κ1) is 10.5. The van der Waals surface area contributed by atoms with Gasteiger partial charge in [-0.15, -0.1) is 0 Å². The molecule has 0 amide bonds. The first-order valence-electron chi connectivity index (χ1n) is 5.48. The van der Waals surface area contributed by atoms with Crippen molar-refractivity contribution in [2.75, 3.05) is 0 Å². The van der Waals surface area contributed by atoms with E-state index in [9.17, 15) is 4.79 Å². The highest BCUT2D eigenvalue weighted by Crippen LogP contribution is 2.29. The van der Waals surface area contributed by atoms with Crippen LogP contribution in [0.25, 0.3) is 0 Å². The topological polar surface area (TPSA) is 17.1 Å². The van der Waals surface area contributed by atoms with E-state index in [0.717, 1.165) is 32.1 Å². The van der Waals surface area contributed by atoms with Crippen LogP contribution in [0.1, 0.15) is 52.4 Å². The predicted molar refractivity (Wildman–Crippen MR) is 55.6 cm³/mol. The van der Waals surface area contributed by atoms with E-state index in [4.69, 9.17) is 0 Å². The summed E-state index contributed by atoms with van der Waals surface area (Å²) in [5.41, 5.74) is 1.51. The Balaban J connectivity index is 2.57. The van der Waals surface area contributed by atoms with Crippen LogP contribution in [0.2, 0.25) is 0 Å². The molecule has 1 rings (SSSR count). The third-order valence-corrected chi connectivity index (χ3v) is 2.88. The molecule has 1 nitrogen and oxygen atoms in total. The second-order valence-electron chi connectivity index (χ2n) is 3.87. The molecule has 0 radical (unpaired) electrons. The lowest BCUT2D eigenvalue weighted by molar-refractivity contribution is -0.121. The van der Waals surface area contributed by atoms with Gasteiger partial charge in [0.15, 0.2) is 0 Å². The first-order valence-corrected chi connectivity index (χ1v) is 5.48. The summed E-state index contributed by atoms with van der Waals surface area (Å²) in [5, 5.41) is 0. The van der Waals surface area contributed by atoms with Crippen molar-refractivity contribution < 1.29 is 4.79 Å². The fourth-order valence-corrected chi connectivity index (χ4v) is 2.20. The van der Waals surface area contributed by atoms with Crippen molar-refractivity contribution in [3.8, 4) is 0 Å². The number of carbonyl (C=O) groups is 1. The molecule has 1 aliphatic rings. The summed E-state index contributed by atoms with van der Waals surface area (Å²) in [6.45, 7) is 4.36. The van der Waals surface area contributed by atoms with Crippen LogP contribution in [-0.4, -0.2) is 5.78 Å². The van der Waals surface area contributed by atoms with E-state index >= 15 is 0 Å². The molecule has 1 fully saturated rings. The maximum absolute atomic E-state index is 11.3. The maximum Gasteiger partial charge on any atom is 0.133 e. The second-order valence-corrected chi connectivity index (χ2v) is 3.87. The molecule has 0 heterocycles. The molecule has 13 heavy (non-hydrogen) atoms. The molecule has 1 atom stereocenters. The highest BCUT2D eigenvalue weighted by molar-refractivity contribution is 5.79. The summed E-state index contributed by atoms with van der Waals surface area (Å²) in [6.07, 6.45) is 8.48. The smallest absolute Gasteiger partial charge is 0.133 e. The van der Waals surface area contributed by atoms with E-state index in [1.54, 1.807) is 0 Å². The summed E-state index contributed by atoms with van der Waals surface area (Å²) in [6, 6.07) is 0. The van der Waals surface area contributed by atoms with Crippen LogP contribution in [0.15, 0.2) is 11.6 Å². The van der Waals surface area contributed by atoms with Crippen LogP contribution in [-0.2, 0) is 4.79 Å². The molecule has 0 bridgehead atoms. The Hall–Kier alpha value is -0.590. The Morgan fingerprint density at radius 3 is 2.85 bits per heavy atom. The highest BCUT2D eigenvalue weighted by Gasteiger charge is 2.21. The zero-order valence-electron chi connectivity index (χ0n) is 8.81. The number of hydrogen-bond acceptors (Lipinski definition) is 1. The molecular weight excluding hydrogens is 160 g/mol. The van der Waals surface area contributed by atoms with Crippen molar-refractivity contribution in [3.63, 3.8) is 0 Å². The molecule has 0 aromatic rings. The number of allylic oxidation sites excluding steroid dienone is 2. The van der Waals surface area contributed by atoms with E-state index in [-0.39, 0.29) is 0 Å². The Kier molecular flexibility index (Phi) is 4.20. The summed E-state index contributed by atoms with van der Waals surface area (Å²) in [5.74, 6) is 1.04. The first-order chi connectivity index (χ1) is 6.27. The molecule has 1 saturated carbocycles. The Labute approximate surface area is 81.2 Å². The molecule has 0 aromatic carbocycles. The van der Waals surface area contributed by atoms with Crippen molar-refractivity contribution >= 4 is 5.78 Å².